The van der Waals surface area contributed by atoms with Crippen LogP contribution in [0.2, 0.25) is 0 Å². The fraction of sp³-hybridized carbons (Fsp3) is 0.294. The van der Waals surface area contributed by atoms with Crippen LogP contribution in [0.5, 0.6) is 5.75 Å². The molecule has 0 saturated heterocycles. The highest BCUT2D eigenvalue weighted by Gasteiger charge is 2.22. The van der Waals surface area contributed by atoms with Crippen LogP contribution in [0.1, 0.15) is 30.0 Å². The van der Waals surface area contributed by atoms with Gasteiger partial charge in [0.1, 0.15) is 5.75 Å². The predicted octanol–water partition coefficient (Wildman–Crippen LogP) is 5.85. The quantitative estimate of drug-likeness (QED) is 0.670. The summed E-state index contributed by atoms with van der Waals surface area (Å²) in [6.45, 7) is 2.89. The number of aryl methyl sites for hydroxylation is 1. The van der Waals surface area contributed by atoms with Gasteiger partial charge < -0.3 is 10.1 Å². The van der Waals surface area contributed by atoms with E-state index in [0.717, 1.165) is 39.8 Å². The lowest BCUT2D eigenvalue weighted by atomic mass is 9.99. The van der Waals surface area contributed by atoms with E-state index in [1.807, 2.05) is 6.07 Å². The van der Waals surface area contributed by atoms with E-state index in [4.69, 9.17) is 4.74 Å². The number of rotatable bonds is 2. The minimum atomic E-state index is 0.261. The fourth-order valence-electron chi connectivity index (χ4n) is 2.72. The maximum absolute atomic E-state index is 5.94. The number of hydrogen-bond acceptors (Lipinski definition) is 2. The zero-order chi connectivity index (χ0) is 14.8. The highest BCUT2D eigenvalue weighted by atomic mass is 79.9. The average Bonchev–Trinajstić information content (AvgIpc) is 2.67. The molecule has 1 atom stereocenters. The van der Waals surface area contributed by atoms with E-state index in [9.17, 15) is 0 Å². The van der Waals surface area contributed by atoms with E-state index in [0.29, 0.717) is 0 Å². The summed E-state index contributed by atoms with van der Waals surface area (Å²) in [5.41, 5.74) is 3.54. The highest BCUT2D eigenvalue weighted by molar-refractivity contribution is 9.11. The van der Waals surface area contributed by atoms with Gasteiger partial charge in [-0.2, -0.15) is 0 Å². The molecule has 0 spiro atoms. The molecule has 2 aromatic carbocycles. The molecule has 3 rings (SSSR count). The summed E-state index contributed by atoms with van der Waals surface area (Å²) < 4.78 is 8.08. The highest BCUT2D eigenvalue weighted by Crippen LogP contribution is 2.39. The average molecular weight is 411 g/mol. The minimum absolute atomic E-state index is 0.261. The SMILES string of the molecule is Cc1cccc2c1OCCCC2Nc1c(Br)cccc1Br. The van der Waals surface area contributed by atoms with Crippen LogP contribution >= 0.6 is 31.9 Å². The Hall–Kier alpha value is -1.000. The van der Waals surface area contributed by atoms with Gasteiger partial charge in [-0.15, -0.1) is 0 Å². The second kappa shape index (κ2) is 6.41. The molecule has 0 aromatic heterocycles. The van der Waals surface area contributed by atoms with Crippen molar-refractivity contribution in [3.8, 4) is 5.75 Å². The molecule has 2 nitrogen and oxygen atoms in total. The third-order valence-electron chi connectivity index (χ3n) is 3.78. The number of anilines is 1. The van der Waals surface area contributed by atoms with Crippen molar-refractivity contribution >= 4 is 37.5 Å². The van der Waals surface area contributed by atoms with Crippen molar-refractivity contribution in [3.63, 3.8) is 0 Å². The van der Waals surface area contributed by atoms with Crippen LogP contribution in [-0.2, 0) is 0 Å². The van der Waals surface area contributed by atoms with Crippen molar-refractivity contribution < 1.29 is 4.74 Å². The summed E-state index contributed by atoms with van der Waals surface area (Å²) >= 11 is 7.25. The summed E-state index contributed by atoms with van der Waals surface area (Å²) in [4.78, 5) is 0. The van der Waals surface area contributed by atoms with Gasteiger partial charge in [0, 0.05) is 14.5 Å². The topological polar surface area (TPSA) is 21.3 Å². The molecule has 110 valence electrons. The zero-order valence-electron chi connectivity index (χ0n) is 11.8. The summed E-state index contributed by atoms with van der Waals surface area (Å²) in [5.74, 6) is 1.04. The molecule has 0 amide bonds. The van der Waals surface area contributed by atoms with Crippen LogP contribution in [0.25, 0.3) is 0 Å². The molecule has 1 aliphatic rings. The van der Waals surface area contributed by atoms with Gasteiger partial charge >= 0.3 is 0 Å². The Bertz CT molecular complexity index is 637. The first-order valence-corrected chi connectivity index (χ1v) is 8.68. The second-order valence-electron chi connectivity index (χ2n) is 5.28. The second-order valence-corrected chi connectivity index (χ2v) is 6.99. The standard InChI is InChI=1S/C17H17Br2NO/c1-11-5-2-6-12-15(9-4-10-21-17(11)12)20-16-13(18)7-3-8-14(16)19/h2-3,5-8,15,20H,4,9-10H2,1H3. The van der Waals surface area contributed by atoms with E-state index < -0.39 is 0 Å². The molecule has 0 bridgehead atoms. The van der Waals surface area contributed by atoms with Crippen LogP contribution in [0.3, 0.4) is 0 Å². The number of nitrogens with one attached hydrogen (secondary N) is 1. The number of hydrogen-bond donors (Lipinski definition) is 1. The lowest BCUT2D eigenvalue weighted by Gasteiger charge is -2.22. The van der Waals surface area contributed by atoms with Gasteiger partial charge in [0.15, 0.2) is 0 Å². The summed E-state index contributed by atoms with van der Waals surface area (Å²) in [6, 6.07) is 12.8. The summed E-state index contributed by atoms with van der Waals surface area (Å²) in [7, 11) is 0. The van der Waals surface area contributed by atoms with Crippen molar-refractivity contribution in [2.24, 2.45) is 0 Å². The molecular formula is C17H17Br2NO. The van der Waals surface area contributed by atoms with E-state index in [2.05, 4.69) is 74.4 Å². The smallest absolute Gasteiger partial charge is 0.127 e. The molecule has 0 radical (unpaired) electrons. The van der Waals surface area contributed by atoms with Gasteiger partial charge in [-0.1, -0.05) is 24.3 Å². The van der Waals surface area contributed by atoms with Crippen molar-refractivity contribution in [3.05, 3.63) is 56.5 Å². The van der Waals surface area contributed by atoms with Crippen LogP contribution in [0, 0.1) is 6.92 Å². The van der Waals surface area contributed by atoms with Crippen molar-refractivity contribution in [1.29, 1.82) is 0 Å². The van der Waals surface area contributed by atoms with E-state index in [-0.39, 0.29) is 6.04 Å². The number of para-hydroxylation sites is 2. The number of ether oxygens (including phenoxy) is 1. The molecule has 21 heavy (non-hydrogen) atoms. The van der Waals surface area contributed by atoms with Crippen LogP contribution in [0.4, 0.5) is 5.69 Å². The molecule has 0 aliphatic carbocycles. The van der Waals surface area contributed by atoms with Gasteiger partial charge in [0.25, 0.3) is 0 Å². The van der Waals surface area contributed by atoms with Crippen LogP contribution in [-0.4, -0.2) is 6.61 Å². The molecule has 2 aromatic rings. The first-order valence-electron chi connectivity index (χ1n) is 7.09. The largest absolute Gasteiger partial charge is 0.493 e. The molecule has 1 N–H and O–H groups in total. The first kappa shape index (κ1) is 14.9. The van der Waals surface area contributed by atoms with Gasteiger partial charge in [-0.05, 0) is 69.3 Å². The maximum Gasteiger partial charge on any atom is 0.127 e. The number of halogens is 2. The van der Waals surface area contributed by atoms with Crippen LogP contribution < -0.4 is 10.1 Å². The Labute approximate surface area is 142 Å². The summed E-state index contributed by atoms with van der Waals surface area (Å²) in [5, 5.41) is 3.67. The van der Waals surface area contributed by atoms with Crippen LogP contribution in [0.15, 0.2) is 45.3 Å². The number of benzene rings is 2. The molecule has 1 heterocycles. The molecule has 0 fully saturated rings. The summed E-state index contributed by atoms with van der Waals surface area (Å²) in [6.07, 6.45) is 2.11. The third kappa shape index (κ3) is 3.11. The fourth-order valence-corrected chi connectivity index (χ4v) is 3.95. The molecule has 0 saturated carbocycles. The van der Waals surface area contributed by atoms with Gasteiger partial charge in [0.05, 0.1) is 18.3 Å². The molecule has 1 unspecified atom stereocenters. The molecule has 1 aliphatic heterocycles. The van der Waals surface area contributed by atoms with Gasteiger partial charge in [0.2, 0.25) is 0 Å². The zero-order valence-corrected chi connectivity index (χ0v) is 15.0. The normalized spacial score (nSPS) is 17.6. The number of fused-ring (bicyclic) bond motifs is 1. The maximum atomic E-state index is 5.94. The Morgan fingerprint density at radius 1 is 1.10 bits per heavy atom. The van der Waals surface area contributed by atoms with E-state index in [1.54, 1.807) is 0 Å². The van der Waals surface area contributed by atoms with Crippen molar-refractivity contribution in [2.45, 2.75) is 25.8 Å². The lowest BCUT2D eigenvalue weighted by Crippen LogP contribution is -2.11. The molecule has 4 heteroatoms. The minimum Gasteiger partial charge on any atom is -0.493 e. The Balaban J connectivity index is 1.98. The monoisotopic (exact) mass is 409 g/mol. The predicted molar refractivity (Wildman–Crippen MR) is 94.1 cm³/mol. The van der Waals surface area contributed by atoms with Gasteiger partial charge in [-0.3, -0.25) is 0 Å². The Kier molecular flexibility index (Phi) is 4.55. The van der Waals surface area contributed by atoms with E-state index >= 15 is 0 Å². The molecular weight excluding hydrogens is 394 g/mol. The third-order valence-corrected chi connectivity index (χ3v) is 5.10. The van der Waals surface area contributed by atoms with Gasteiger partial charge in [-0.25, -0.2) is 0 Å². The Morgan fingerprint density at radius 3 is 2.57 bits per heavy atom. The van der Waals surface area contributed by atoms with E-state index in [1.165, 1.54) is 11.1 Å². The lowest BCUT2D eigenvalue weighted by molar-refractivity contribution is 0.314. The van der Waals surface area contributed by atoms with Crippen molar-refractivity contribution in [1.82, 2.24) is 0 Å². The van der Waals surface area contributed by atoms with Crippen molar-refractivity contribution in [2.75, 3.05) is 11.9 Å². The first-order chi connectivity index (χ1) is 10.2. The Morgan fingerprint density at radius 2 is 1.81 bits per heavy atom.